The molecule has 1 N–H and O–H groups in total. The van der Waals surface area contributed by atoms with E-state index in [0.29, 0.717) is 25.5 Å². The summed E-state index contributed by atoms with van der Waals surface area (Å²) in [6.07, 6.45) is 3.57. The van der Waals surface area contributed by atoms with Gasteiger partial charge < -0.3 is 19.5 Å². The maximum absolute atomic E-state index is 11.7. The zero-order chi connectivity index (χ0) is 19.1. The molecule has 0 radical (unpaired) electrons. The van der Waals surface area contributed by atoms with Gasteiger partial charge in [-0.2, -0.15) is 5.10 Å². The van der Waals surface area contributed by atoms with Crippen molar-refractivity contribution in [2.45, 2.75) is 6.54 Å². The summed E-state index contributed by atoms with van der Waals surface area (Å²) in [5, 5.41) is 7.07. The predicted molar refractivity (Wildman–Crippen MR) is 99.5 cm³/mol. The minimum absolute atomic E-state index is 0.0228. The number of amides is 1. The van der Waals surface area contributed by atoms with E-state index in [9.17, 15) is 4.79 Å². The molecule has 0 aliphatic rings. The number of aromatic nitrogens is 3. The lowest BCUT2D eigenvalue weighted by atomic mass is 10.1. The average molecular weight is 370 g/mol. The maximum Gasteiger partial charge on any atom is 0.246 e. The van der Waals surface area contributed by atoms with Gasteiger partial charge in [-0.05, 0) is 35.9 Å². The Kier molecular flexibility index (Phi) is 6.35. The molecule has 3 rings (SSSR count). The monoisotopic (exact) mass is 370 g/mol. The van der Waals surface area contributed by atoms with Gasteiger partial charge in [-0.15, -0.1) is 0 Å². The van der Waals surface area contributed by atoms with E-state index in [2.05, 4.69) is 15.4 Å². The fourth-order valence-corrected chi connectivity index (χ4v) is 2.59. The first-order valence-electron chi connectivity index (χ1n) is 8.51. The van der Waals surface area contributed by atoms with Crippen molar-refractivity contribution in [3.05, 3.63) is 48.3 Å². The molecule has 0 atom stereocenters. The summed E-state index contributed by atoms with van der Waals surface area (Å²) < 4.78 is 17.4. The Bertz CT molecular complexity index is 877. The summed E-state index contributed by atoms with van der Waals surface area (Å²) in [5.74, 6) is 0.507. The summed E-state index contributed by atoms with van der Waals surface area (Å²) in [6, 6.07) is 9.50. The molecule has 0 aliphatic carbocycles. The third-order valence-electron chi connectivity index (χ3n) is 3.82. The molecule has 8 nitrogen and oxygen atoms in total. The molecular formula is C19H22N4O4. The Morgan fingerprint density at radius 2 is 2.07 bits per heavy atom. The molecule has 8 heteroatoms. The number of ether oxygens (including phenoxy) is 3. The number of carbonyl (C=O) groups excluding carboxylic acids is 1. The minimum Gasteiger partial charge on any atom is -0.491 e. The Morgan fingerprint density at radius 3 is 2.85 bits per heavy atom. The highest BCUT2D eigenvalue weighted by Crippen LogP contribution is 2.26. The molecule has 0 spiro atoms. The molecule has 142 valence electrons. The molecule has 0 aliphatic heterocycles. The van der Waals surface area contributed by atoms with E-state index < -0.39 is 0 Å². The Morgan fingerprint density at radius 1 is 1.19 bits per heavy atom. The van der Waals surface area contributed by atoms with Gasteiger partial charge in [0.15, 0.2) is 5.65 Å². The van der Waals surface area contributed by atoms with Crippen LogP contribution in [0.2, 0.25) is 0 Å². The number of nitrogens with zero attached hydrogens (tertiary/aromatic N) is 3. The second-order valence-electron chi connectivity index (χ2n) is 5.87. The molecule has 0 bridgehead atoms. The lowest BCUT2D eigenvalue weighted by Gasteiger charge is -2.11. The summed E-state index contributed by atoms with van der Waals surface area (Å²) >= 11 is 0. The first kappa shape index (κ1) is 18.8. The van der Waals surface area contributed by atoms with Gasteiger partial charge in [-0.1, -0.05) is 0 Å². The number of rotatable bonds is 9. The highest BCUT2D eigenvalue weighted by Gasteiger charge is 2.10. The number of nitrogens with one attached hydrogen (secondary N) is 1. The lowest BCUT2D eigenvalue weighted by molar-refractivity contribution is -0.124. The molecule has 2 heterocycles. The van der Waals surface area contributed by atoms with Crippen LogP contribution in [0.5, 0.6) is 5.75 Å². The maximum atomic E-state index is 11.7. The molecule has 0 saturated heterocycles. The van der Waals surface area contributed by atoms with Crippen molar-refractivity contribution in [1.29, 1.82) is 0 Å². The largest absolute Gasteiger partial charge is 0.491 e. The summed E-state index contributed by atoms with van der Waals surface area (Å²) in [5.41, 5.74) is 3.31. The molecule has 1 amide bonds. The van der Waals surface area contributed by atoms with E-state index in [1.54, 1.807) is 17.8 Å². The van der Waals surface area contributed by atoms with E-state index >= 15 is 0 Å². The zero-order valence-electron chi connectivity index (χ0n) is 15.3. The summed E-state index contributed by atoms with van der Waals surface area (Å²) in [7, 11) is 3.11. The first-order chi connectivity index (χ1) is 13.2. The number of carbonyl (C=O) groups is 1. The third kappa shape index (κ3) is 5.02. The van der Waals surface area contributed by atoms with Crippen LogP contribution in [0.25, 0.3) is 16.9 Å². The van der Waals surface area contributed by atoms with Gasteiger partial charge in [-0.25, -0.2) is 9.50 Å². The molecule has 1 aromatic carbocycles. The second-order valence-corrected chi connectivity index (χ2v) is 5.87. The Labute approximate surface area is 157 Å². The number of hydrogen-bond acceptors (Lipinski definition) is 6. The standard InChI is InChI=1S/C19H22N4O4/c1-25-6-7-27-16-9-14(11-20-19(24)13-26-2)8-15(10-16)17-12-23-18(22-17)4-3-5-21-23/h3-5,8-10,12H,6-7,11,13H2,1-2H3,(H,20,24). The van der Waals surface area contributed by atoms with Crippen LogP contribution in [0.3, 0.4) is 0 Å². The van der Waals surface area contributed by atoms with Crippen molar-refractivity contribution in [3.63, 3.8) is 0 Å². The molecule has 27 heavy (non-hydrogen) atoms. The molecular weight excluding hydrogens is 348 g/mol. The van der Waals surface area contributed by atoms with Gasteiger partial charge in [0.2, 0.25) is 5.91 Å². The van der Waals surface area contributed by atoms with E-state index in [0.717, 1.165) is 22.5 Å². The smallest absolute Gasteiger partial charge is 0.246 e. The minimum atomic E-state index is -0.179. The van der Waals surface area contributed by atoms with Gasteiger partial charge >= 0.3 is 0 Å². The van der Waals surface area contributed by atoms with Gasteiger partial charge in [-0.3, -0.25) is 4.79 Å². The molecule has 0 unspecified atom stereocenters. The summed E-state index contributed by atoms with van der Waals surface area (Å²) in [6.45, 7) is 1.31. The SMILES string of the molecule is COCCOc1cc(CNC(=O)COC)cc(-c2cn3ncccc3n2)c1. The molecule has 0 fully saturated rings. The number of methoxy groups -OCH3 is 2. The zero-order valence-corrected chi connectivity index (χ0v) is 15.3. The molecule has 3 aromatic rings. The van der Waals surface area contributed by atoms with E-state index in [1.807, 2.05) is 36.5 Å². The van der Waals surface area contributed by atoms with Crippen LogP contribution in [0.4, 0.5) is 0 Å². The van der Waals surface area contributed by atoms with Crippen LogP contribution >= 0.6 is 0 Å². The third-order valence-corrected chi connectivity index (χ3v) is 3.82. The first-order valence-corrected chi connectivity index (χ1v) is 8.51. The van der Waals surface area contributed by atoms with Crippen LogP contribution in [0.1, 0.15) is 5.56 Å². The topological polar surface area (TPSA) is 87.0 Å². The molecule has 2 aromatic heterocycles. The van der Waals surface area contributed by atoms with Crippen molar-refractivity contribution in [2.75, 3.05) is 34.0 Å². The van der Waals surface area contributed by atoms with Crippen molar-refractivity contribution in [2.24, 2.45) is 0 Å². The van der Waals surface area contributed by atoms with Crippen molar-refractivity contribution < 1.29 is 19.0 Å². The van der Waals surface area contributed by atoms with Crippen molar-refractivity contribution in [3.8, 4) is 17.0 Å². The summed E-state index contributed by atoms with van der Waals surface area (Å²) in [4.78, 5) is 16.3. The van der Waals surface area contributed by atoms with Crippen molar-refractivity contribution >= 4 is 11.6 Å². The van der Waals surface area contributed by atoms with Gasteiger partial charge in [0, 0.05) is 32.5 Å². The normalized spacial score (nSPS) is 10.9. The number of fused-ring (bicyclic) bond motifs is 1. The van der Waals surface area contributed by atoms with Crippen LogP contribution in [-0.2, 0) is 20.8 Å². The van der Waals surface area contributed by atoms with Gasteiger partial charge in [0.25, 0.3) is 0 Å². The Balaban J connectivity index is 1.87. The quantitative estimate of drug-likeness (QED) is 0.577. The average Bonchev–Trinajstić information content (AvgIpc) is 3.11. The van der Waals surface area contributed by atoms with Gasteiger partial charge in [0.1, 0.15) is 19.0 Å². The Hall–Kier alpha value is -2.97. The highest BCUT2D eigenvalue weighted by atomic mass is 16.5. The number of benzene rings is 1. The fourth-order valence-electron chi connectivity index (χ4n) is 2.59. The van der Waals surface area contributed by atoms with Crippen molar-refractivity contribution in [1.82, 2.24) is 19.9 Å². The van der Waals surface area contributed by atoms with E-state index in [1.165, 1.54) is 7.11 Å². The van der Waals surface area contributed by atoms with Crippen LogP contribution in [0, 0.1) is 0 Å². The van der Waals surface area contributed by atoms with Crippen LogP contribution < -0.4 is 10.1 Å². The number of hydrogen-bond donors (Lipinski definition) is 1. The van der Waals surface area contributed by atoms with Crippen LogP contribution in [0.15, 0.2) is 42.7 Å². The van der Waals surface area contributed by atoms with E-state index in [-0.39, 0.29) is 12.5 Å². The van der Waals surface area contributed by atoms with Gasteiger partial charge in [0.05, 0.1) is 18.5 Å². The molecule has 0 saturated carbocycles. The number of imidazole rings is 1. The highest BCUT2D eigenvalue weighted by molar-refractivity contribution is 5.77. The predicted octanol–water partition coefficient (Wildman–Crippen LogP) is 1.68. The second kappa shape index (κ2) is 9.11. The fraction of sp³-hybridized carbons (Fsp3) is 0.316. The lowest BCUT2D eigenvalue weighted by Crippen LogP contribution is -2.26. The van der Waals surface area contributed by atoms with Crippen LogP contribution in [-0.4, -0.2) is 54.5 Å². The van der Waals surface area contributed by atoms with E-state index in [4.69, 9.17) is 14.2 Å².